The Morgan fingerprint density at radius 2 is 2.20 bits per heavy atom. The summed E-state index contributed by atoms with van der Waals surface area (Å²) < 4.78 is 0. The molecule has 1 N–H and O–H groups in total. The van der Waals surface area contributed by atoms with Crippen LogP contribution in [0.25, 0.3) is 0 Å². The Labute approximate surface area is 62.3 Å². The molecule has 0 aromatic carbocycles. The molecule has 0 fully saturated rings. The highest BCUT2D eigenvalue weighted by Gasteiger charge is 1.90. The first-order chi connectivity index (χ1) is 4.85. The van der Waals surface area contributed by atoms with Crippen LogP contribution in [0.15, 0.2) is 11.8 Å². The SMILES string of the molecule is CC/C=C(/CCC)NC=O. The number of amides is 1. The van der Waals surface area contributed by atoms with Crippen LogP contribution >= 0.6 is 0 Å². The van der Waals surface area contributed by atoms with E-state index in [4.69, 9.17) is 0 Å². The molecule has 0 aliphatic carbocycles. The molecule has 0 unspecified atom stereocenters. The van der Waals surface area contributed by atoms with Crippen molar-refractivity contribution in [2.24, 2.45) is 0 Å². The highest BCUT2D eigenvalue weighted by molar-refractivity contribution is 5.49. The first-order valence-electron chi connectivity index (χ1n) is 3.74. The van der Waals surface area contributed by atoms with Crippen LogP contribution in [0.3, 0.4) is 0 Å². The number of allylic oxidation sites excluding steroid dienone is 2. The molecule has 0 radical (unpaired) electrons. The van der Waals surface area contributed by atoms with Crippen molar-refractivity contribution in [1.82, 2.24) is 5.32 Å². The van der Waals surface area contributed by atoms with E-state index in [1.54, 1.807) is 0 Å². The molecule has 0 spiro atoms. The number of nitrogens with one attached hydrogen (secondary N) is 1. The predicted molar refractivity (Wildman–Crippen MR) is 42.5 cm³/mol. The van der Waals surface area contributed by atoms with Gasteiger partial charge in [-0.05, 0) is 12.8 Å². The average molecular weight is 141 g/mol. The maximum absolute atomic E-state index is 10.0. The first-order valence-corrected chi connectivity index (χ1v) is 3.74. The molecule has 10 heavy (non-hydrogen) atoms. The van der Waals surface area contributed by atoms with Gasteiger partial charge in [0.25, 0.3) is 0 Å². The fourth-order valence-electron chi connectivity index (χ4n) is 0.825. The van der Waals surface area contributed by atoms with E-state index in [9.17, 15) is 4.79 Å². The Morgan fingerprint density at radius 3 is 2.60 bits per heavy atom. The lowest BCUT2D eigenvalue weighted by molar-refractivity contribution is -0.109. The number of rotatable bonds is 5. The third-order valence-corrected chi connectivity index (χ3v) is 1.21. The van der Waals surface area contributed by atoms with Gasteiger partial charge in [-0.2, -0.15) is 0 Å². The summed E-state index contributed by atoms with van der Waals surface area (Å²) in [5, 5.41) is 2.66. The summed E-state index contributed by atoms with van der Waals surface area (Å²) in [4.78, 5) is 10.0. The molecule has 0 saturated heterocycles. The highest BCUT2D eigenvalue weighted by Crippen LogP contribution is 2.00. The van der Waals surface area contributed by atoms with E-state index >= 15 is 0 Å². The van der Waals surface area contributed by atoms with E-state index in [0.29, 0.717) is 0 Å². The normalized spacial score (nSPS) is 11.2. The number of hydrogen-bond acceptors (Lipinski definition) is 1. The minimum Gasteiger partial charge on any atom is -0.333 e. The van der Waals surface area contributed by atoms with Gasteiger partial charge in [0.2, 0.25) is 6.41 Å². The molecule has 0 aromatic heterocycles. The quantitative estimate of drug-likeness (QED) is 0.581. The molecule has 1 amide bonds. The van der Waals surface area contributed by atoms with Crippen molar-refractivity contribution in [3.63, 3.8) is 0 Å². The summed E-state index contributed by atoms with van der Waals surface area (Å²) in [5.41, 5.74) is 1.04. The molecule has 0 atom stereocenters. The van der Waals surface area contributed by atoms with Crippen LogP contribution in [0.4, 0.5) is 0 Å². The lowest BCUT2D eigenvalue weighted by Gasteiger charge is -2.01. The summed E-state index contributed by atoms with van der Waals surface area (Å²) in [6.07, 6.45) is 5.80. The molecular formula is C8H15NO. The van der Waals surface area contributed by atoms with Gasteiger partial charge in [-0.15, -0.1) is 0 Å². The largest absolute Gasteiger partial charge is 0.333 e. The van der Waals surface area contributed by atoms with Crippen molar-refractivity contribution >= 4 is 6.41 Å². The zero-order valence-electron chi connectivity index (χ0n) is 6.68. The second-order valence-corrected chi connectivity index (χ2v) is 2.15. The van der Waals surface area contributed by atoms with Crippen molar-refractivity contribution in [1.29, 1.82) is 0 Å². The molecular weight excluding hydrogens is 126 g/mol. The Hall–Kier alpha value is -0.790. The van der Waals surface area contributed by atoms with E-state index in [-0.39, 0.29) is 0 Å². The summed E-state index contributed by atoms with van der Waals surface area (Å²) in [5.74, 6) is 0. The molecule has 0 rings (SSSR count). The van der Waals surface area contributed by atoms with E-state index in [2.05, 4.69) is 19.2 Å². The van der Waals surface area contributed by atoms with Crippen LogP contribution in [0.2, 0.25) is 0 Å². The molecule has 2 nitrogen and oxygen atoms in total. The predicted octanol–water partition coefficient (Wildman–Crippen LogP) is 1.83. The third kappa shape index (κ3) is 4.13. The van der Waals surface area contributed by atoms with Gasteiger partial charge in [-0.1, -0.05) is 26.3 Å². The summed E-state index contributed by atoms with van der Waals surface area (Å²) in [7, 11) is 0. The van der Waals surface area contributed by atoms with Gasteiger partial charge < -0.3 is 5.32 Å². The molecule has 0 heterocycles. The van der Waals surface area contributed by atoms with Crippen molar-refractivity contribution in [2.45, 2.75) is 33.1 Å². The van der Waals surface area contributed by atoms with Gasteiger partial charge in [0.05, 0.1) is 0 Å². The highest BCUT2D eigenvalue weighted by atomic mass is 16.1. The van der Waals surface area contributed by atoms with Gasteiger partial charge in [0.15, 0.2) is 0 Å². The second-order valence-electron chi connectivity index (χ2n) is 2.15. The molecule has 0 bridgehead atoms. The van der Waals surface area contributed by atoms with Crippen LogP contribution in [0.5, 0.6) is 0 Å². The smallest absolute Gasteiger partial charge is 0.211 e. The van der Waals surface area contributed by atoms with Gasteiger partial charge in [-0.3, -0.25) is 4.79 Å². The number of carbonyl (C=O) groups is 1. The standard InChI is InChI=1S/C8H15NO/c1-3-5-8(6-4-2)9-7-10/h5,7H,3-4,6H2,1-2H3,(H,9,10)/b8-5-. The van der Waals surface area contributed by atoms with E-state index < -0.39 is 0 Å². The lowest BCUT2D eigenvalue weighted by Crippen LogP contribution is -2.09. The van der Waals surface area contributed by atoms with Crippen molar-refractivity contribution in [3.8, 4) is 0 Å². The lowest BCUT2D eigenvalue weighted by atomic mass is 10.2. The maximum Gasteiger partial charge on any atom is 0.211 e. The second kappa shape index (κ2) is 6.33. The van der Waals surface area contributed by atoms with Crippen molar-refractivity contribution in [2.75, 3.05) is 0 Å². The molecule has 58 valence electrons. The first kappa shape index (κ1) is 9.21. The average Bonchev–Trinajstić information content (AvgIpc) is 1.90. The third-order valence-electron chi connectivity index (χ3n) is 1.21. The summed E-state index contributed by atoms with van der Waals surface area (Å²) in [6, 6.07) is 0. The Kier molecular flexibility index (Phi) is 5.83. The fraction of sp³-hybridized carbons (Fsp3) is 0.625. The van der Waals surface area contributed by atoms with Crippen LogP contribution < -0.4 is 5.32 Å². The molecule has 0 saturated carbocycles. The van der Waals surface area contributed by atoms with E-state index in [0.717, 1.165) is 31.4 Å². The van der Waals surface area contributed by atoms with Gasteiger partial charge in [-0.25, -0.2) is 0 Å². The monoisotopic (exact) mass is 141 g/mol. The van der Waals surface area contributed by atoms with Crippen LogP contribution in [0.1, 0.15) is 33.1 Å². The zero-order chi connectivity index (χ0) is 7.82. The van der Waals surface area contributed by atoms with Gasteiger partial charge >= 0.3 is 0 Å². The van der Waals surface area contributed by atoms with Gasteiger partial charge in [0, 0.05) is 5.70 Å². The topological polar surface area (TPSA) is 29.1 Å². The Bertz CT molecular complexity index is 118. The van der Waals surface area contributed by atoms with Crippen LogP contribution in [-0.4, -0.2) is 6.41 Å². The minimum atomic E-state index is 0.733. The van der Waals surface area contributed by atoms with Crippen LogP contribution in [-0.2, 0) is 4.79 Å². The van der Waals surface area contributed by atoms with Crippen molar-refractivity contribution < 1.29 is 4.79 Å². The van der Waals surface area contributed by atoms with E-state index in [1.807, 2.05) is 6.08 Å². The Balaban J connectivity index is 3.71. The van der Waals surface area contributed by atoms with Crippen LogP contribution in [0, 0.1) is 0 Å². The molecule has 2 heteroatoms. The van der Waals surface area contributed by atoms with E-state index in [1.165, 1.54) is 0 Å². The Morgan fingerprint density at radius 1 is 1.50 bits per heavy atom. The molecule has 0 aliphatic heterocycles. The fourth-order valence-corrected chi connectivity index (χ4v) is 0.825. The minimum absolute atomic E-state index is 0.733. The summed E-state index contributed by atoms with van der Waals surface area (Å²) >= 11 is 0. The maximum atomic E-state index is 10.0. The summed E-state index contributed by atoms with van der Waals surface area (Å²) in [6.45, 7) is 4.15. The van der Waals surface area contributed by atoms with Crippen molar-refractivity contribution in [3.05, 3.63) is 11.8 Å². The molecule has 0 aliphatic rings. The number of hydrogen-bond donors (Lipinski definition) is 1. The zero-order valence-corrected chi connectivity index (χ0v) is 6.68. The number of carbonyl (C=O) groups excluding carboxylic acids is 1. The van der Waals surface area contributed by atoms with Gasteiger partial charge in [0.1, 0.15) is 0 Å². The molecule has 0 aromatic rings.